The van der Waals surface area contributed by atoms with Crippen LogP contribution in [0.1, 0.15) is 12.8 Å². The smallest absolute Gasteiger partial charge is 0.332 e. The first kappa shape index (κ1) is 13.2. The van der Waals surface area contributed by atoms with E-state index < -0.39 is 11.5 Å². The van der Waals surface area contributed by atoms with Crippen molar-refractivity contribution in [1.82, 2.24) is 0 Å². The Bertz CT molecular complexity index is 448. The van der Waals surface area contributed by atoms with E-state index in [1.807, 2.05) is 12.1 Å². The van der Waals surface area contributed by atoms with Crippen molar-refractivity contribution in [2.45, 2.75) is 18.4 Å². The van der Waals surface area contributed by atoms with Crippen molar-refractivity contribution in [3.63, 3.8) is 0 Å². The summed E-state index contributed by atoms with van der Waals surface area (Å²) in [5.74, 6) is -0.807. The molecule has 1 fully saturated rings. The zero-order chi connectivity index (χ0) is 13.2. The quantitative estimate of drug-likeness (QED) is 0.834. The highest BCUT2D eigenvalue weighted by molar-refractivity contribution is 6.33. The van der Waals surface area contributed by atoms with Crippen LogP contribution in [0.25, 0.3) is 0 Å². The molecule has 2 N–H and O–H groups in total. The third kappa shape index (κ3) is 2.44. The minimum Gasteiger partial charge on any atom is -0.479 e. The van der Waals surface area contributed by atoms with Crippen molar-refractivity contribution in [3.8, 4) is 0 Å². The topological polar surface area (TPSA) is 58.6 Å². The third-order valence-corrected chi connectivity index (χ3v) is 3.59. The number of halogens is 1. The number of rotatable bonds is 6. The van der Waals surface area contributed by atoms with E-state index in [1.165, 1.54) is 7.11 Å². The highest BCUT2D eigenvalue weighted by Crippen LogP contribution is 2.42. The largest absolute Gasteiger partial charge is 0.479 e. The van der Waals surface area contributed by atoms with Crippen LogP contribution in [0.2, 0.25) is 5.02 Å². The van der Waals surface area contributed by atoms with E-state index in [2.05, 4.69) is 5.32 Å². The summed E-state index contributed by atoms with van der Waals surface area (Å²) >= 11 is 6.06. The molecule has 1 aliphatic rings. The van der Waals surface area contributed by atoms with Crippen molar-refractivity contribution in [2.75, 3.05) is 19.0 Å². The molecule has 2 rings (SSSR count). The van der Waals surface area contributed by atoms with Crippen LogP contribution < -0.4 is 5.32 Å². The van der Waals surface area contributed by atoms with E-state index in [0.717, 1.165) is 12.8 Å². The van der Waals surface area contributed by atoms with Gasteiger partial charge in [-0.05, 0) is 30.9 Å². The molecular weight excluding hydrogens is 254 g/mol. The second-order valence-corrected chi connectivity index (χ2v) is 5.00. The molecule has 1 unspecified atom stereocenters. The number of para-hydroxylation sites is 1. The van der Waals surface area contributed by atoms with Gasteiger partial charge in [-0.25, -0.2) is 4.79 Å². The van der Waals surface area contributed by atoms with Gasteiger partial charge >= 0.3 is 5.97 Å². The molecular formula is C13H16ClNO3. The SMILES string of the molecule is COCC(Nc1ccccc1Cl)(C(=O)O)C1CC1. The molecule has 0 radical (unpaired) electrons. The summed E-state index contributed by atoms with van der Waals surface area (Å²) in [6.07, 6.45) is 1.79. The predicted octanol–water partition coefficient (Wildman–Crippen LogP) is 2.63. The fraction of sp³-hybridized carbons (Fsp3) is 0.462. The summed E-state index contributed by atoms with van der Waals surface area (Å²) in [5.41, 5.74) is -0.453. The molecule has 4 nitrogen and oxygen atoms in total. The zero-order valence-electron chi connectivity index (χ0n) is 10.1. The first-order valence-corrected chi connectivity index (χ1v) is 6.23. The number of methoxy groups -OCH3 is 1. The molecule has 1 saturated carbocycles. The van der Waals surface area contributed by atoms with Gasteiger partial charge in [-0.2, -0.15) is 0 Å². The van der Waals surface area contributed by atoms with Gasteiger partial charge in [0, 0.05) is 7.11 Å². The molecule has 1 aliphatic carbocycles. The van der Waals surface area contributed by atoms with E-state index in [0.29, 0.717) is 10.7 Å². The Kier molecular flexibility index (Phi) is 3.78. The molecule has 1 aromatic rings. The fourth-order valence-corrected chi connectivity index (χ4v) is 2.34. The Morgan fingerprint density at radius 1 is 1.56 bits per heavy atom. The fourth-order valence-electron chi connectivity index (χ4n) is 2.15. The van der Waals surface area contributed by atoms with Gasteiger partial charge in [-0.3, -0.25) is 0 Å². The van der Waals surface area contributed by atoms with Gasteiger partial charge in [0.2, 0.25) is 0 Å². The summed E-state index contributed by atoms with van der Waals surface area (Å²) in [7, 11) is 1.51. The summed E-state index contributed by atoms with van der Waals surface area (Å²) in [6, 6.07) is 7.14. The lowest BCUT2D eigenvalue weighted by Crippen LogP contribution is -2.52. The van der Waals surface area contributed by atoms with Gasteiger partial charge < -0.3 is 15.2 Å². The molecule has 0 aromatic heterocycles. The van der Waals surface area contributed by atoms with Crippen molar-refractivity contribution in [1.29, 1.82) is 0 Å². The number of benzene rings is 1. The minimum atomic E-state index is -1.08. The standard InChI is InChI=1S/C13H16ClNO3/c1-18-8-13(12(16)17,9-6-7-9)15-11-5-3-2-4-10(11)14/h2-5,9,15H,6-8H2,1H3,(H,16,17). The van der Waals surface area contributed by atoms with Crippen molar-refractivity contribution < 1.29 is 14.6 Å². The van der Waals surface area contributed by atoms with Crippen LogP contribution in [0.15, 0.2) is 24.3 Å². The van der Waals surface area contributed by atoms with Gasteiger partial charge in [0.1, 0.15) is 0 Å². The Hall–Kier alpha value is -1.26. The monoisotopic (exact) mass is 269 g/mol. The predicted molar refractivity (Wildman–Crippen MR) is 70.0 cm³/mol. The molecule has 1 atom stereocenters. The third-order valence-electron chi connectivity index (χ3n) is 3.26. The van der Waals surface area contributed by atoms with E-state index in [4.69, 9.17) is 16.3 Å². The first-order valence-electron chi connectivity index (χ1n) is 5.85. The molecule has 0 saturated heterocycles. The van der Waals surface area contributed by atoms with E-state index in [1.54, 1.807) is 12.1 Å². The summed E-state index contributed by atoms with van der Waals surface area (Å²) in [5, 5.41) is 13.1. The minimum absolute atomic E-state index is 0.0891. The lowest BCUT2D eigenvalue weighted by atomic mass is 9.93. The van der Waals surface area contributed by atoms with Crippen molar-refractivity contribution in [3.05, 3.63) is 29.3 Å². The van der Waals surface area contributed by atoms with Crippen LogP contribution in [0.4, 0.5) is 5.69 Å². The number of hydrogen-bond donors (Lipinski definition) is 2. The second kappa shape index (κ2) is 5.16. The number of carboxylic acid groups (broad SMARTS) is 1. The summed E-state index contributed by atoms with van der Waals surface area (Å²) in [6.45, 7) is 0.123. The van der Waals surface area contributed by atoms with Gasteiger partial charge in [-0.1, -0.05) is 23.7 Å². The van der Waals surface area contributed by atoms with E-state index in [-0.39, 0.29) is 12.5 Å². The maximum absolute atomic E-state index is 11.6. The van der Waals surface area contributed by atoms with Crippen molar-refractivity contribution in [2.24, 2.45) is 5.92 Å². The lowest BCUT2D eigenvalue weighted by Gasteiger charge is -2.31. The average Bonchev–Trinajstić information content (AvgIpc) is 3.15. The maximum atomic E-state index is 11.6. The Balaban J connectivity index is 2.30. The van der Waals surface area contributed by atoms with Crippen LogP contribution >= 0.6 is 11.6 Å². The number of carbonyl (C=O) groups is 1. The number of ether oxygens (including phenoxy) is 1. The van der Waals surface area contributed by atoms with E-state index >= 15 is 0 Å². The van der Waals surface area contributed by atoms with Gasteiger partial charge in [0.15, 0.2) is 5.54 Å². The first-order chi connectivity index (χ1) is 8.60. The molecule has 98 valence electrons. The van der Waals surface area contributed by atoms with Crippen molar-refractivity contribution >= 4 is 23.3 Å². The van der Waals surface area contributed by atoms with Gasteiger partial charge in [-0.15, -0.1) is 0 Å². The number of hydrogen-bond acceptors (Lipinski definition) is 3. The molecule has 0 heterocycles. The number of aliphatic carboxylic acids is 1. The molecule has 0 spiro atoms. The van der Waals surface area contributed by atoms with Crippen LogP contribution in [0.3, 0.4) is 0 Å². The Morgan fingerprint density at radius 2 is 2.22 bits per heavy atom. The highest BCUT2D eigenvalue weighted by Gasteiger charge is 2.51. The zero-order valence-corrected chi connectivity index (χ0v) is 10.9. The molecule has 18 heavy (non-hydrogen) atoms. The molecule has 0 amide bonds. The van der Waals surface area contributed by atoms with Crippen LogP contribution in [0.5, 0.6) is 0 Å². The van der Waals surface area contributed by atoms with E-state index in [9.17, 15) is 9.90 Å². The number of nitrogens with one attached hydrogen (secondary N) is 1. The average molecular weight is 270 g/mol. The Morgan fingerprint density at radius 3 is 2.72 bits per heavy atom. The Labute approximate surface area is 111 Å². The lowest BCUT2D eigenvalue weighted by molar-refractivity contribution is -0.145. The second-order valence-electron chi connectivity index (χ2n) is 4.59. The number of carboxylic acids is 1. The normalized spacial score (nSPS) is 18.1. The van der Waals surface area contributed by atoms with Crippen LogP contribution in [-0.2, 0) is 9.53 Å². The van der Waals surface area contributed by atoms with Crippen LogP contribution in [0, 0.1) is 5.92 Å². The summed E-state index contributed by atoms with van der Waals surface area (Å²) in [4.78, 5) is 11.6. The molecule has 0 aliphatic heterocycles. The molecule has 0 bridgehead atoms. The van der Waals surface area contributed by atoms with Gasteiger partial charge in [0.25, 0.3) is 0 Å². The molecule has 1 aromatic carbocycles. The van der Waals surface area contributed by atoms with Crippen LogP contribution in [-0.4, -0.2) is 30.3 Å². The maximum Gasteiger partial charge on any atom is 0.332 e. The summed E-state index contributed by atoms with van der Waals surface area (Å²) < 4.78 is 5.10. The number of anilines is 1. The highest BCUT2D eigenvalue weighted by atomic mass is 35.5. The molecule has 5 heteroatoms. The van der Waals surface area contributed by atoms with Gasteiger partial charge in [0.05, 0.1) is 17.3 Å².